The average molecular weight is 523 g/mol. The Morgan fingerprint density at radius 2 is 1.86 bits per heavy atom. The first kappa shape index (κ1) is 22.8. The maximum atomic E-state index is 6.20. The second kappa shape index (κ2) is 9.41. The van der Waals surface area contributed by atoms with Gasteiger partial charge in [-0.15, -0.1) is 11.3 Å². The van der Waals surface area contributed by atoms with Gasteiger partial charge in [0.1, 0.15) is 40.1 Å². The van der Waals surface area contributed by atoms with Crippen LogP contribution in [0.2, 0.25) is 0 Å². The molecule has 184 valence electrons. The van der Waals surface area contributed by atoms with Crippen molar-refractivity contribution >= 4 is 34.1 Å². The van der Waals surface area contributed by atoms with E-state index in [4.69, 9.17) is 28.3 Å². The molecule has 0 amide bonds. The van der Waals surface area contributed by atoms with E-state index in [1.807, 2.05) is 58.7 Å². The van der Waals surface area contributed by atoms with Crippen LogP contribution in [0.15, 0.2) is 63.6 Å². The van der Waals surface area contributed by atoms with Crippen LogP contribution in [0, 0.1) is 0 Å². The van der Waals surface area contributed by atoms with Crippen LogP contribution in [-0.4, -0.2) is 41.5 Å². The molecule has 1 atom stereocenters. The molecule has 6 rings (SSSR count). The third-order valence-electron chi connectivity index (χ3n) is 5.67. The maximum absolute atomic E-state index is 6.20. The van der Waals surface area contributed by atoms with Crippen LogP contribution in [0.4, 0.5) is 0 Å². The number of furan rings is 1. The summed E-state index contributed by atoms with van der Waals surface area (Å²) < 4.78 is 30.2. The lowest BCUT2D eigenvalue weighted by molar-refractivity contribution is 0.187. The largest absolute Gasteiger partial charge is 0.497 e. The number of thiazole rings is 1. The Morgan fingerprint density at radius 1 is 1.03 bits per heavy atom. The fourth-order valence-corrected chi connectivity index (χ4v) is 5.47. The van der Waals surface area contributed by atoms with E-state index in [2.05, 4.69) is 10.4 Å². The van der Waals surface area contributed by atoms with Gasteiger partial charge in [0.2, 0.25) is 0 Å². The highest BCUT2D eigenvalue weighted by atomic mass is 32.2. The maximum Gasteiger partial charge on any atom is 0.196 e. The third-order valence-corrected chi connectivity index (χ3v) is 7.62. The van der Waals surface area contributed by atoms with Gasteiger partial charge in [0.05, 0.1) is 31.5 Å². The van der Waals surface area contributed by atoms with Gasteiger partial charge in [-0.25, -0.2) is 14.6 Å². The zero-order valence-corrected chi connectivity index (χ0v) is 21.3. The van der Waals surface area contributed by atoms with Gasteiger partial charge in [-0.2, -0.15) is 0 Å². The van der Waals surface area contributed by atoms with Crippen LogP contribution in [-0.2, 0) is 11.3 Å². The number of nitrogens with one attached hydrogen (secondary N) is 1. The summed E-state index contributed by atoms with van der Waals surface area (Å²) in [5.41, 5.74) is 6.28. The van der Waals surface area contributed by atoms with Crippen LogP contribution in [0.5, 0.6) is 17.2 Å². The topological polar surface area (TPSA) is 92.8 Å². The molecule has 0 radical (unpaired) electrons. The number of nitrogens with zero attached hydrogens (tertiary/aromatic N) is 3. The summed E-state index contributed by atoms with van der Waals surface area (Å²) in [5, 5.41) is 4.57. The highest BCUT2D eigenvalue weighted by Crippen LogP contribution is 2.38. The molecule has 0 bridgehead atoms. The Kier molecular flexibility index (Phi) is 5.96. The minimum atomic E-state index is -0.155. The minimum absolute atomic E-state index is 0.155. The number of hydrogen-bond donors (Lipinski definition) is 1. The summed E-state index contributed by atoms with van der Waals surface area (Å²) in [4.78, 5) is 9.40. The van der Waals surface area contributed by atoms with Crippen LogP contribution in [0.1, 0.15) is 5.69 Å². The molecule has 1 unspecified atom stereocenters. The smallest absolute Gasteiger partial charge is 0.196 e. The molecular weight excluding hydrogens is 500 g/mol. The molecule has 3 aromatic heterocycles. The predicted molar refractivity (Wildman–Crippen MR) is 138 cm³/mol. The molecule has 0 spiro atoms. The van der Waals surface area contributed by atoms with Gasteiger partial charge in [0, 0.05) is 30.2 Å². The predicted octanol–water partition coefficient (Wildman–Crippen LogP) is 5.60. The number of hydrogen-bond acceptors (Lipinski definition) is 10. The van der Waals surface area contributed by atoms with Crippen molar-refractivity contribution in [2.75, 3.05) is 26.8 Å². The molecule has 1 N–H and O–H groups in total. The van der Waals surface area contributed by atoms with Crippen molar-refractivity contribution in [1.82, 2.24) is 14.6 Å². The van der Waals surface area contributed by atoms with E-state index >= 15 is 0 Å². The number of benzene rings is 2. The summed E-state index contributed by atoms with van der Waals surface area (Å²) >= 11 is 3.07. The van der Waals surface area contributed by atoms with Crippen molar-refractivity contribution < 1.29 is 23.4 Å². The van der Waals surface area contributed by atoms with Crippen LogP contribution >= 0.6 is 23.1 Å². The fraction of sp³-hybridized carbons (Fsp3) is 0.200. The lowest BCUT2D eigenvalue weighted by Gasteiger charge is -2.08. The van der Waals surface area contributed by atoms with Crippen molar-refractivity contribution in [3.63, 3.8) is 0 Å². The molecule has 2 aromatic carbocycles. The third kappa shape index (κ3) is 4.25. The Labute approximate surface area is 214 Å². The molecule has 0 aliphatic carbocycles. The molecule has 4 heterocycles. The quantitative estimate of drug-likeness (QED) is 0.280. The van der Waals surface area contributed by atoms with E-state index in [1.54, 1.807) is 32.7 Å². The van der Waals surface area contributed by atoms with Gasteiger partial charge in [0.15, 0.2) is 16.5 Å². The monoisotopic (exact) mass is 522 g/mol. The number of thioether (sulfide) groups is 1. The van der Waals surface area contributed by atoms with E-state index in [0.29, 0.717) is 35.1 Å². The Bertz CT molecular complexity index is 1500. The number of rotatable bonds is 8. The van der Waals surface area contributed by atoms with E-state index in [1.165, 1.54) is 11.8 Å². The molecule has 9 nitrogen and oxygen atoms in total. The van der Waals surface area contributed by atoms with Crippen molar-refractivity contribution in [3.05, 3.63) is 59.7 Å². The molecule has 1 aliphatic heterocycles. The minimum Gasteiger partial charge on any atom is -0.497 e. The lowest BCUT2D eigenvalue weighted by Crippen LogP contribution is -2.19. The Balaban J connectivity index is 1.24. The SMILES string of the molecule is COc1ccc(-c2nc(COc3cc(OC)cc4oc(-c5cn6c(n5)SC(OC)N6)cc34)cs2)cc1. The van der Waals surface area contributed by atoms with E-state index in [-0.39, 0.29) is 5.56 Å². The lowest BCUT2D eigenvalue weighted by atomic mass is 10.2. The Hall–Kier alpha value is -3.67. The summed E-state index contributed by atoms with van der Waals surface area (Å²) in [6.45, 7) is 0.313. The molecule has 0 saturated carbocycles. The summed E-state index contributed by atoms with van der Waals surface area (Å²) in [6.07, 6.45) is 1.88. The van der Waals surface area contributed by atoms with Crippen LogP contribution in [0.3, 0.4) is 0 Å². The van der Waals surface area contributed by atoms with E-state index < -0.39 is 0 Å². The molecule has 1 aliphatic rings. The summed E-state index contributed by atoms with van der Waals surface area (Å²) in [7, 11) is 4.92. The Morgan fingerprint density at radius 3 is 2.61 bits per heavy atom. The van der Waals surface area contributed by atoms with E-state index in [9.17, 15) is 0 Å². The number of methoxy groups -OCH3 is 3. The molecule has 11 heteroatoms. The molecule has 0 fully saturated rings. The second-order valence-electron chi connectivity index (χ2n) is 7.90. The highest BCUT2D eigenvalue weighted by Gasteiger charge is 2.25. The fourth-order valence-electron chi connectivity index (χ4n) is 3.83. The number of fused-ring (bicyclic) bond motifs is 2. The van der Waals surface area contributed by atoms with Gasteiger partial charge in [-0.3, -0.25) is 5.43 Å². The molecule has 36 heavy (non-hydrogen) atoms. The molecule has 0 saturated heterocycles. The number of aromatic nitrogens is 3. The van der Waals surface area contributed by atoms with Crippen LogP contribution in [0.25, 0.3) is 33.0 Å². The van der Waals surface area contributed by atoms with Crippen molar-refractivity contribution in [3.8, 4) is 39.3 Å². The first-order chi connectivity index (χ1) is 17.6. The zero-order valence-electron chi connectivity index (χ0n) is 19.7. The normalized spacial score (nSPS) is 14.6. The summed E-state index contributed by atoms with van der Waals surface area (Å²) in [5.74, 6) is 2.74. The number of ether oxygens (including phenoxy) is 4. The van der Waals surface area contributed by atoms with Crippen LogP contribution < -0.4 is 19.6 Å². The first-order valence-electron chi connectivity index (χ1n) is 11.0. The summed E-state index contributed by atoms with van der Waals surface area (Å²) in [6, 6.07) is 13.5. The van der Waals surface area contributed by atoms with Gasteiger partial charge in [-0.05, 0) is 42.1 Å². The van der Waals surface area contributed by atoms with Crippen molar-refractivity contribution in [1.29, 1.82) is 0 Å². The van der Waals surface area contributed by atoms with Gasteiger partial charge in [0.25, 0.3) is 0 Å². The standard InChI is InChI=1S/C25H22N4O5S2/c1-30-16-6-4-14(5-7-16)23-26-15(13-35-23)12-33-20-8-17(31-2)9-21-18(20)10-22(34-21)19-11-29-24(27-19)36-25(28-29)32-3/h4-11,13,25,28H,12H2,1-3H3. The molecular formula is C25H22N4O5S2. The van der Waals surface area contributed by atoms with Crippen molar-refractivity contribution in [2.24, 2.45) is 0 Å². The van der Waals surface area contributed by atoms with E-state index in [0.717, 1.165) is 32.6 Å². The number of imidazole rings is 1. The first-order valence-corrected chi connectivity index (χ1v) is 12.8. The van der Waals surface area contributed by atoms with Gasteiger partial charge in [-0.1, -0.05) is 0 Å². The average Bonchev–Trinajstić information content (AvgIpc) is 3.69. The highest BCUT2D eigenvalue weighted by molar-refractivity contribution is 7.99. The van der Waals surface area contributed by atoms with Gasteiger partial charge < -0.3 is 23.4 Å². The zero-order chi connectivity index (χ0) is 24.6. The van der Waals surface area contributed by atoms with Gasteiger partial charge >= 0.3 is 0 Å². The van der Waals surface area contributed by atoms with Crippen molar-refractivity contribution in [2.45, 2.75) is 17.3 Å². The molecule has 5 aromatic rings. The second-order valence-corrected chi connectivity index (χ2v) is 9.79.